The van der Waals surface area contributed by atoms with Crippen molar-refractivity contribution in [3.05, 3.63) is 24.0 Å². The number of nitrogens with two attached hydrogens (primary N) is 1. The Bertz CT molecular complexity index is 551. The average Bonchev–Trinajstić information content (AvgIpc) is 2.67. The molecule has 4 N–H and O–H groups in total. The van der Waals surface area contributed by atoms with E-state index >= 15 is 0 Å². The van der Waals surface area contributed by atoms with Gasteiger partial charge in [-0.2, -0.15) is 0 Å². The Morgan fingerprint density at radius 3 is 2.61 bits per heavy atom. The van der Waals surface area contributed by atoms with Gasteiger partial charge in [0.2, 0.25) is 0 Å². The van der Waals surface area contributed by atoms with Crippen LogP contribution in [0.1, 0.15) is 5.82 Å². The molecular formula is C12H16N4O2. The summed E-state index contributed by atoms with van der Waals surface area (Å²) in [6.07, 6.45) is 0. The monoisotopic (exact) mass is 248 g/mol. The molecule has 0 bridgehead atoms. The fourth-order valence-electron chi connectivity index (χ4n) is 1.64. The number of imidazole rings is 1. The van der Waals surface area contributed by atoms with Gasteiger partial charge >= 0.3 is 0 Å². The summed E-state index contributed by atoms with van der Waals surface area (Å²) in [4.78, 5) is 7.17. The van der Waals surface area contributed by atoms with Gasteiger partial charge in [0.1, 0.15) is 23.1 Å². The summed E-state index contributed by atoms with van der Waals surface area (Å²) in [5.74, 6) is 3.22. The first kappa shape index (κ1) is 12.1. The number of anilines is 3. The molecule has 18 heavy (non-hydrogen) atoms. The number of rotatable bonds is 4. The molecule has 0 aliphatic rings. The van der Waals surface area contributed by atoms with Crippen LogP contribution in [0.2, 0.25) is 0 Å². The largest absolute Gasteiger partial charge is 0.497 e. The van der Waals surface area contributed by atoms with Crippen molar-refractivity contribution in [1.29, 1.82) is 0 Å². The predicted octanol–water partition coefficient (Wildman–Crippen LogP) is 2.06. The van der Waals surface area contributed by atoms with Crippen molar-refractivity contribution in [3.8, 4) is 11.5 Å². The van der Waals surface area contributed by atoms with Gasteiger partial charge in [0.05, 0.1) is 19.9 Å². The molecule has 2 aromatic rings. The van der Waals surface area contributed by atoms with Crippen LogP contribution in [0.15, 0.2) is 18.2 Å². The number of aryl methyl sites for hydroxylation is 1. The van der Waals surface area contributed by atoms with Crippen LogP contribution in [-0.4, -0.2) is 24.2 Å². The highest BCUT2D eigenvalue weighted by molar-refractivity contribution is 5.71. The van der Waals surface area contributed by atoms with Gasteiger partial charge in [0.25, 0.3) is 0 Å². The minimum absolute atomic E-state index is 0.484. The van der Waals surface area contributed by atoms with Crippen molar-refractivity contribution in [1.82, 2.24) is 9.97 Å². The van der Waals surface area contributed by atoms with Gasteiger partial charge in [-0.25, -0.2) is 4.98 Å². The lowest BCUT2D eigenvalue weighted by atomic mass is 10.2. The first-order valence-corrected chi connectivity index (χ1v) is 5.45. The third-order valence-electron chi connectivity index (χ3n) is 2.51. The van der Waals surface area contributed by atoms with Crippen LogP contribution < -0.4 is 20.5 Å². The summed E-state index contributed by atoms with van der Waals surface area (Å²) in [5, 5.41) is 3.11. The smallest absolute Gasteiger partial charge is 0.173 e. The second-order valence-corrected chi connectivity index (χ2v) is 3.78. The van der Waals surface area contributed by atoms with Gasteiger partial charge in [-0.15, -0.1) is 0 Å². The summed E-state index contributed by atoms with van der Waals surface area (Å²) in [6, 6.07) is 5.46. The van der Waals surface area contributed by atoms with Gasteiger partial charge in [0.15, 0.2) is 5.82 Å². The number of hydrogen-bond acceptors (Lipinski definition) is 5. The molecule has 1 aromatic carbocycles. The Balaban J connectivity index is 2.35. The first-order chi connectivity index (χ1) is 8.63. The average molecular weight is 248 g/mol. The zero-order valence-corrected chi connectivity index (χ0v) is 10.6. The van der Waals surface area contributed by atoms with E-state index in [9.17, 15) is 0 Å². The van der Waals surface area contributed by atoms with Gasteiger partial charge in [-0.05, 0) is 19.1 Å². The van der Waals surface area contributed by atoms with E-state index in [2.05, 4.69) is 15.3 Å². The van der Waals surface area contributed by atoms with E-state index in [0.717, 1.165) is 17.3 Å². The summed E-state index contributed by atoms with van der Waals surface area (Å²) in [5.41, 5.74) is 6.54. The number of aromatic amines is 1. The number of nitrogens with one attached hydrogen (secondary N) is 2. The highest BCUT2D eigenvalue weighted by Gasteiger charge is 2.09. The Labute approximate surface area is 105 Å². The van der Waals surface area contributed by atoms with Crippen LogP contribution in [0.25, 0.3) is 0 Å². The highest BCUT2D eigenvalue weighted by Crippen LogP contribution is 2.32. The predicted molar refractivity (Wildman–Crippen MR) is 70.6 cm³/mol. The van der Waals surface area contributed by atoms with Crippen molar-refractivity contribution in [2.75, 3.05) is 25.3 Å². The third kappa shape index (κ3) is 2.32. The minimum atomic E-state index is 0.484. The summed E-state index contributed by atoms with van der Waals surface area (Å²) in [7, 11) is 3.21. The highest BCUT2D eigenvalue weighted by atomic mass is 16.5. The number of benzene rings is 1. The molecule has 6 nitrogen and oxygen atoms in total. The Hall–Kier alpha value is -2.37. The van der Waals surface area contributed by atoms with Crippen LogP contribution in [-0.2, 0) is 0 Å². The lowest BCUT2D eigenvalue weighted by Gasteiger charge is -2.11. The van der Waals surface area contributed by atoms with Gasteiger partial charge in [-0.1, -0.05) is 0 Å². The van der Waals surface area contributed by atoms with Crippen LogP contribution in [0.3, 0.4) is 0 Å². The van der Waals surface area contributed by atoms with Gasteiger partial charge in [-0.3, -0.25) is 0 Å². The minimum Gasteiger partial charge on any atom is -0.497 e. The maximum atomic E-state index is 5.80. The number of methoxy groups -OCH3 is 2. The standard InChI is InChI=1S/C12H16N4O2/c1-7-14-11(13)12(15-7)16-9-6-8(17-2)4-5-10(9)18-3/h4-6,16H,13H2,1-3H3,(H,14,15). The molecule has 0 spiro atoms. The SMILES string of the molecule is COc1ccc(OC)c(Nc2nc(C)[nH]c2N)c1. The Morgan fingerprint density at radius 1 is 1.28 bits per heavy atom. The van der Waals surface area contributed by atoms with Crippen LogP contribution in [0.4, 0.5) is 17.3 Å². The number of ether oxygens (including phenoxy) is 2. The second kappa shape index (κ2) is 4.87. The topological polar surface area (TPSA) is 85.2 Å². The van der Waals surface area contributed by atoms with Crippen LogP contribution >= 0.6 is 0 Å². The molecule has 0 fully saturated rings. The molecule has 1 heterocycles. The van der Waals surface area contributed by atoms with Crippen LogP contribution in [0, 0.1) is 6.92 Å². The molecule has 0 aliphatic carbocycles. The molecule has 1 aromatic heterocycles. The van der Waals surface area contributed by atoms with Crippen LogP contribution in [0.5, 0.6) is 11.5 Å². The molecule has 0 atom stereocenters. The van der Waals surface area contributed by atoms with E-state index < -0.39 is 0 Å². The summed E-state index contributed by atoms with van der Waals surface area (Å²) in [6.45, 7) is 1.84. The van der Waals surface area contributed by atoms with Crippen molar-refractivity contribution in [3.63, 3.8) is 0 Å². The Kier molecular flexibility index (Phi) is 3.27. The van der Waals surface area contributed by atoms with Crippen molar-refractivity contribution >= 4 is 17.3 Å². The van der Waals surface area contributed by atoms with Gasteiger partial charge < -0.3 is 25.5 Å². The van der Waals surface area contributed by atoms with E-state index in [1.165, 1.54) is 0 Å². The molecule has 6 heteroatoms. The maximum absolute atomic E-state index is 5.80. The summed E-state index contributed by atoms with van der Waals surface area (Å²) >= 11 is 0. The molecule has 2 rings (SSSR count). The van der Waals surface area contributed by atoms with E-state index in [-0.39, 0.29) is 0 Å². The van der Waals surface area contributed by atoms with Crippen molar-refractivity contribution in [2.45, 2.75) is 6.92 Å². The van der Waals surface area contributed by atoms with E-state index in [1.54, 1.807) is 14.2 Å². The van der Waals surface area contributed by atoms with Crippen molar-refractivity contribution in [2.24, 2.45) is 0 Å². The molecule has 0 saturated heterocycles. The molecule has 0 unspecified atom stereocenters. The fraction of sp³-hybridized carbons (Fsp3) is 0.250. The van der Waals surface area contributed by atoms with E-state index in [1.807, 2.05) is 25.1 Å². The number of nitrogens with zero attached hydrogens (tertiary/aromatic N) is 1. The van der Waals surface area contributed by atoms with E-state index in [0.29, 0.717) is 17.4 Å². The lowest BCUT2D eigenvalue weighted by Crippen LogP contribution is -1.98. The third-order valence-corrected chi connectivity index (χ3v) is 2.51. The second-order valence-electron chi connectivity index (χ2n) is 3.78. The maximum Gasteiger partial charge on any atom is 0.173 e. The number of nitrogen functional groups attached to an aromatic ring is 1. The fourth-order valence-corrected chi connectivity index (χ4v) is 1.64. The quantitative estimate of drug-likeness (QED) is 0.771. The Morgan fingerprint density at radius 2 is 2.06 bits per heavy atom. The molecule has 0 amide bonds. The first-order valence-electron chi connectivity index (χ1n) is 5.45. The number of hydrogen-bond donors (Lipinski definition) is 3. The summed E-state index contributed by atoms with van der Waals surface area (Å²) < 4.78 is 10.4. The zero-order chi connectivity index (χ0) is 13.1. The van der Waals surface area contributed by atoms with Gasteiger partial charge in [0, 0.05) is 6.07 Å². The molecule has 0 radical (unpaired) electrons. The molecule has 96 valence electrons. The van der Waals surface area contributed by atoms with Crippen molar-refractivity contribution < 1.29 is 9.47 Å². The number of aromatic nitrogens is 2. The molecule has 0 saturated carbocycles. The zero-order valence-electron chi connectivity index (χ0n) is 10.6. The van der Waals surface area contributed by atoms with E-state index in [4.69, 9.17) is 15.2 Å². The molecular weight excluding hydrogens is 232 g/mol. The lowest BCUT2D eigenvalue weighted by molar-refractivity contribution is 0.405. The molecule has 0 aliphatic heterocycles. The number of H-pyrrole nitrogens is 1. The normalized spacial score (nSPS) is 10.2.